The molecule has 4 nitrogen and oxygen atoms in total. The fourth-order valence-electron chi connectivity index (χ4n) is 2.30. The lowest BCUT2D eigenvalue weighted by molar-refractivity contribution is 0.0640. The Morgan fingerprint density at radius 2 is 1.52 bits per heavy atom. The molecule has 128 valence electrons. The van der Waals surface area contributed by atoms with E-state index in [1.165, 1.54) is 12.8 Å². The third-order valence-electron chi connectivity index (χ3n) is 3.61. The Kier molecular flexibility index (Phi) is 14.7. The second-order valence-electron chi connectivity index (χ2n) is 6.02. The monoisotopic (exact) mass is 302 g/mol. The van der Waals surface area contributed by atoms with Gasteiger partial charge in [-0.25, -0.2) is 0 Å². The van der Waals surface area contributed by atoms with Crippen LogP contribution in [0.4, 0.5) is 0 Å². The van der Waals surface area contributed by atoms with Crippen molar-refractivity contribution in [3.8, 4) is 0 Å². The summed E-state index contributed by atoms with van der Waals surface area (Å²) in [6, 6.07) is 0.590. The van der Waals surface area contributed by atoms with Crippen LogP contribution in [0.15, 0.2) is 0 Å². The quantitative estimate of drug-likeness (QED) is 0.472. The number of rotatable bonds is 15. The van der Waals surface area contributed by atoms with Crippen LogP contribution in [0.25, 0.3) is 0 Å². The number of hydrogen-bond donors (Lipinski definition) is 1. The molecule has 1 N–H and O–H groups in total. The smallest absolute Gasteiger partial charge is 0.0593 e. The molecule has 0 aliphatic carbocycles. The fraction of sp³-hybridized carbons (Fsp3) is 1.00. The van der Waals surface area contributed by atoms with Crippen molar-refractivity contribution in [3.63, 3.8) is 0 Å². The second-order valence-corrected chi connectivity index (χ2v) is 6.02. The Hall–Kier alpha value is -0.160. The van der Waals surface area contributed by atoms with E-state index in [0.717, 1.165) is 58.5 Å². The van der Waals surface area contributed by atoms with E-state index in [-0.39, 0.29) is 0 Å². The first-order chi connectivity index (χ1) is 10.1. The molecule has 1 unspecified atom stereocenters. The summed E-state index contributed by atoms with van der Waals surface area (Å²) in [5.74, 6) is 0.733. The van der Waals surface area contributed by atoms with Gasteiger partial charge in [-0.05, 0) is 52.6 Å². The molecule has 0 aromatic rings. The normalized spacial score (nSPS) is 13.3. The van der Waals surface area contributed by atoms with Crippen molar-refractivity contribution in [3.05, 3.63) is 0 Å². The van der Waals surface area contributed by atoms with Crippen LogP contribution in [-0.2, 0) is 9.47 Å². The summed E-state index contributed by atoms with van der Waals surface area (Å²) in [6.45, 7) is 18.4. The zero-order chi connectivity index (χ0) is 15.9. The Labute approximate surface area is 132 Å². The first-order valence-electron chi connectivity index (χ1n) is 8.72. The van der Waals surface area contributed by atoms with Crippen LogP contribution in [0.5, 0.6) is 0 Å². The van der Waals surface area contributed by atoms with Gasteiger partial charge in [-0.15, -0.1) is 0 Å². The zero-order valence-corrected chi connectivity index (χ0v) is 15.0. The van der Waals surface area contributed by atoms with E-state index in [1.807, 2.05) is 13.8 Å². The molecular weight excluding hydrogens is 264 g/mol. The fourth-order valence-corrected chi connectivity index (χ4v) is 2.30. The Morgan fingerprint density at radius 3 is 2.00 bits per heavy atom. The van der Waals surface area contributed by atoms with Gasteiger partial charge in [0.15, 0.2) is 0 Å². The van der Waals surface area contributed by atoms with Crippen LogP contribution >= 0.6 is 0 Å². The highest BCUT2D eigenvalue weighted by Gasteiger charge is 2.13. The van der Waals surface area contributed by atoms with Gasteiger partial charge in [-0.1, -0.05) is 13.8 Å². The van der Waals surface area contributed by atoms with Gasteiger partial charge >= 0.3 is 0 Å². The van der Waals surface area contributed by atoms with Gasteiger partial charge in [-0.2, -0.15) is 0 Å². The van der Waals surface area contributed by atoms with Crippen molar-refractivity contribution in [2.75, 3.05) is 52.6 Å². The van der Waals surface area contributed by atoms with Crippen molar-refractivity contribution in [2.45, 2.75) is 53.5 Å². The molecule has 21 heavy (non-hydrogen) atoms. The lowest BCUT2D eigenvalue weighted by Gasteiger charge is -2.29. The number of nitrogens with one attached hydrogen (secondary N) is 1. The largest absolute Gasteiger partial charge is 0.380 e. The van der Waals surface area contributed by atoms with Crippen LogP contribution in [0.2, 0.25) is 0 Å². The summed E-state index contributed by atoms with van der Waals surface area (Å²) >= 11 is 0. The molecule has 4 heteroatoms. The molecule has 0 aliphatic heterocycles. The summed E-state index contributed by atoms with van der Waals surface area (Å²) in [4.78, 5) is 2.49. The maximum Gasteiger partial charge on any atom is 0.0593 e. The van der Waals surface area contributed by atoms with E-state index in [2.05, 4.69) is 31.0 Å². The van der Waals surface area contributed by atoms with Crippen LogP contribution < -0.4 is 5.32 Å². The van der Waals surface area contributed by atoms with Crippen LogP contribution in [0.1, 0.15) is 47.5 Å². The van der Waals surface area contributed by atoms with E-state index in [9.17, 15) is 0 Å². The Balaban J connectivity index is 3.89. The topological polar surface area (TPSA) is 33.7 Å². The first-order valence-corrected chi connectivity index (χ1v) is 8.72. The molecule has 0 aliphatic rings. The summed E-state index contributed by atoms with van der Waals surface area (Å²) in [7, 11) is 0. The van der Waals surface area contributed by atoms with Crippen molar-refractivity contribution >= 4 is 0 Å². The van der Waals surface area contributed by atoms with E-state index < -0.39 is 0 Å². The van der Waals surface area contributed by atoms with Gasteiger partial charge < -0.3 is 14.8 Å². The molecule has 0 aromatic carbocycles. The summed E-state index contributed by atoms with van der Waals surface area (Å²) < 4.78 is 11.0. The Bertz CT molecular complexity index is 203. The molecular formula is C17H38N2O2. The molecule has 0 radical (unpaired) electrons. The summed E-state index contributed by atoms with van der Waals surface area (Å²) in [5.41, 5.74) is 0. The maximum absolute atomic E-state index is 5.50. The van der Waals surface area contributed by atoms with Gasteiger partial charge in [0.05, 0.1) is 13.2 Å². The molecule has 0 aromatic heterocycles. The number of ether oxygens (including phenoxy) is 2. The van der Waals surface area contributed by atoms with Crippen molar-refractivity contribution in [2.24, 2.45) is 5.92 Å². The Morgan fingerprint density at radius 1 is 0.952 bits per heavy atom. The number of nitrogens with zero attached hydrogens (tertiary/aromatic N) is 1. The SMILES string of the molecule is CCOCCN(CCOCC)C(C)CCCNCC(C)C. The van der Waals surface area contributed by atoms with Crippen LogP contribution in [-0.4, -0.2) is 63.5 Å². The van der Waals surface area contributed by atoms with E-state index in [0.29, 0.717) is 6.04 Å². The van der Waals surface area contributed by atoms with E-state index in [1.54, 1.807) is 0 Å². The molecule has 0 fully saturated rings. The highest BCUT2D eigenvalue weighted by molar-refractivity contribution is 4.68. The molecule has 0 rings (SSSR count). The van der Waals surface area contributed by atoms with Gasteiger partial charge in [0.25, 0.3) is 0 Å². The van der Waals surface area contributed by atoms with Gasteiger partial charge in [0.2, 0.25) is 0 Å². The highest BCUT2D eigenvalue weighted by atomic mass is 16.5. The molecule has 0 spiro atoms. The van der Waals surface area contributed by atoms with Gasteiger partial charge in [0.1, 0.15) is 0 Å². The van der Waals surface area contributed by atoms with Crippen molar-refractivity contribution in [1.82, 2.24) is 10.2 Å². The second kappa shape index (κ2) is 14.8. The lowest BCUT2D eigenvalue weighted by atomic mass is 10.1. The highest BCUT2D eigenvalue weighted by Crippen LogP contribution is 2.06. The van der Waals surface area contributed by atoms with Crippen LogP contribution in [0.3, 0.4) is 0 Å². The van der Waals surface area contributed by atoms with Crippen molar-refractivity contribution in [1.29, 1.82) is 0 Å². The summed E-state index contributed by atoms with van der Waals surface area (Å²) in [5, 5.41) is 3.52. The minimum absolute atomic E-state index is 0.590. The number of hydrogen-bond acceptors (Lipinski definition) is 4. The van der Waals surface area contributed by atoms with Crippen molar-refractivity contribution < 1.29 is 9.47 Å². The molecule has 0 heterocycles. The predicted octanol–water partition coefficient (Wildman–Crippen LogP) is 2.78. The molecule has 0 bridgehead atoms. The third kappa shape index (κ3) is 13.2. The van der Waals surface area contributed by atoms with Gasteiger partial charge in [-0.3, -0.25) is 4.90 Å². The molecule has 1 atom stereocenters. The predicted molar refractivity (Wildman–Crippen MR) is 91.0 cm³/mol. The third-order valence-corrected chi connectivity index (χ3v) is 3.61. The first kappa shape index (κ1) is 20.8. The van der Waals surface area contributed by atoms with Gasteiger partial charge in [0, 0.05) is 32.3 Å². The lowest BCUT2D eigenvalue weighted by Crippen LogP contribution is -2.38. The molecule has 0 amide bonds. The maximum atomic E-state index is 5.50. The average molecular weight is 303 g/mol. The summed E-state index contributed by atoms with van der Waals surface area (Å²) in [6.07, 6.45) is 2.46. The minimum Gasteiger partial charge on any atom is -0.380 e. The molecule has 0 saturated carbocycles. The zero-order valence-electron chi connectivity index (χ0n) is 15.0. The van der Waals surface area contributed by atoms with E-state index >= 15 is 0 Å². The van der Waals surface area contributed by atoms with E-state index in [4.69, 9.17) is 9.47 Å². The average Bonchev–Trinajstić information content (AvgIpc) is 2.45. The minimum atomic E-state index is 0.590. The molecule has 0 saturated heterocycles. The van der Waals surface area contributed by atoms with Crippen LogP contribution in [0, 0.1) is 5.92 Å². The standard InChI is InChI=1S/C17H38N2O2/c1-6-20-13-11-19(12-14-21-7-2)17(5)9-8-10-18-15-16(3)4/h16-18H,6-15H2,1-5H3.